The van der Waals surface area contributed by atoms with Gasteiger partial charge in [0.1, 0.15) is 5.82 Å². The number of hydrogen-bond donors (Lipinski definition) is 1. The molecule has 1 rings (SSSR count). The van der Waals surface area contributed by atoms with Crippen LogP contribution in [0.15, 0.2) is 12.4 Å². The zero-order valence-electron chi connectivity index (χ0n) is 14.1. The Morgan fingerprint density at radius 1 is 1.05 bits per heavy atom. The van der Waals surface area contributed by atoms with Gasteiger partial charge in [0.05, 0.1) is 0 Å². The molecule has 3 nitrogen and oxygen atoms in total. The second-order valence-corrected chi connectivity index (χ2v) is 12.1. The van der Waals surface area contributed by atoms with E-state index in [0.29, 0.717) is 16.6 Å². The Kier molecular flexibility index (Phi) is 6.96. The van der Waals surface area contributed by atoms with Gasteiger partial charge < -0.3 is 9.41 Å². The number of unbranched alkanes of at least 4 members (excludes halogenated alkanes) is 1. The predicted octanol–water partition coefficient (Wildman–Crippen LogP) is 4.92. The molecule has 0 fully saturated rings. The van der Waals surface area contributed by atoms with Crippen LogP contribution in [0.4, 0.5) is 0 Å². The molecule has 4 heteroatoms. The molecule has 0 saturated carbocycles. The number of nitrogens with one attached hydrogen (secondary N) is 1. The van der Waals surface area contributed by atoms with Gasteiger partial charge in [-0.25, -0.2) is 4.98 Å². The SMILES string of the molecule is CC(C)[Si](OCCCCc1ncc[nH]1)(C(C)C)C(C)C. The van der Waals surface area contributed by atoms with Gasteiger partial charge in [-0.15, -0.1) is 0 Å². The fourth-order valence-corrected chi connectivity index (χ4v) is 9.08. The fourth-order valence-electron chi connectivity index (χ4n) is 3.58. The Morgan fingerprint density at radius 3 is 2.10 bits per heavy atom. The summed E-state index contributed by atoms with van der Waals surface area (Å²) in [7, 11) is -1.67. The number of hydrogen-bond acceptors (Lipinski definition) is 2. The lowest BCUT2D eigenvalue weighted by atomic mass is 10.2. The minimum absolute atomic E-state index is 0.674. The van der Waals surface area contributed by atoms with E-state index in [1.807, 2.05) is 12.4 Å². The highest BCUT2D eigenvalue weighted by Crippen LogP contribution is 2.42. The van der Waals surface area contributed by atoms with Crippen molar-refractivity contribution >= 4 is 8.32 Å². The van der Waals surface area contributed by atoms with Crippen molar-refractivity contribution in [3.8, 4) is 0 Å². The molecule has 0 aromatic carbocycles. The summed E-state index contributed by atoms with van der Waals surface area (Å²) in [5.41, 5.74) is 2.02. The normalized spacial score (nSPS) is 12.8. The molecule has 0 atom stereocenters. The highest BCUT2D eigenvalue weighted by Gasteiger charge is 2.44. The van der Waals surface area contributed by atoms with Gasteiger partial charge in [-0.05, 0) is 29.5 Å². The molecule has 0 unspecified atom stereocenters. The van der Waals surface area contributed by atoms with Crippen LogP contribution in [-0.2, 0) is 10.8 Å². The van der Waals surface area contributed by atoms with E-state index in [2.05, 4.69) is 51.5 Å². The van der Waals surface area contributed by atoms with Gasteiger partial charge in [-0.2, -0.15) is 0 Å². The van der Waals surface area contributed by atoms with E-state index in [4.69, 9.17) is 4.43 Å². The van der Waals surface area contributed by atoms with Gasteiger partial charge >= 0.3 is 0 Å². The summed E-state index contributed by atoms with van der Waals surface area (Å²) in [4.78, 5) is 7.42. The van der Waals surface area contributed by atoms with Crippen LogP contribution in [0.5, 0.6) is 0 Å². The van der Waals surface area contributed by atoms with Crippen LogP contribution >= 0.6 is 0 Å². The van der Waals surface area contributed by atoms with Crippen LogP contribution in [0.2, 0.25) is 16.6 Å². The third kappa shape index (κ3) is 4.19. The summed E-state index contributed by atoms with van der Waals surface area (Å²) in [6.45, 7) is 15.0. The smallest absolute Gasteiger partial charge is 0.200 e. The first-order valence-corrected chi connectivity index (χ1v) is 10.2. The third-order valence-corrected chi connectivity index (χ3v) is 10.5. The van der Waals surface area contributed by atoms with Crippen molar-refractivity contribution in [1.82, 2.24) is 9.97 Å². The average Bonchev–Trinajstić information content (AvgIpc) is 2.85. The zero-order chi connectivity index (χ0) is 15.2. The van der Waals surface area contributed by atoms with Crippen LogP contribution < -0.4 is 0 Å². The molecular weight excluding hydrogens is 264 g/mol. The van der Waals surface area contributed by atoms with E-state index in [1.165, 1.54) is 0 Å². The highest BCUT2D eigenvalue weighted by atomic mass is 28.4. The van der Waals surface area contributed by atoms with Gasteiger partial charge in [0, 0.05) is 25.4 Å². The van der Waals surface area contributed by atoms with Crippen molar-refractivity contribution in [2.45, 2.75) is 77.4 Å². The van der Waals surface area contributed by atoms with Crippen LogP contribution in [0.3, 0.4) is 0 Å². The Hall–Kier alpha value is -0.613. The van der Waals surface area contributed by atoms with Crippen LogP contribution in [0, 0.1) is 0 Å². The van der Waals surface area contributed by atoms with Gasteiger partial charge in [-0.3, -0.25) is 0 Å². The molecular formula is C16H32N2OSi. The molecule has 116 valence electrons. The lowest BCUT2D eigenvalue weighted by Crippen LogP contribution is -2.47. The quantitative estimate of drug-likeness (QED) is 0.518. The summed E-state index contributed by atoms with van der Waals surface area (Å²) >= 11 is 0. The van der Waals surface area contributed by atoms with Crippen molar-refractivity contribution in [2.24, 2.45) is 0 Å². The fraction of sp³-hybridized carbons (Fsp3) is 0.812. The van der Waals surface area contributed by atoms with Crippen LogP contribution in [-0.4, -0.2) is 24.9 Å². The number of imidazole rings is 1. The molecule has 1 N–H and O–H groups in total. The molecule has 0 aliphatic rings. The Bertz CT molecular complexity index is 339. The van der Waals surface area contributed by atoms with Gasteiger partial charge in [0.2, 0.25) is 0 Å². The molecule has 0 bridgehead atoms. The first kappa shape index (κ1) is 17.4. The molecule has 1 aromatic heterocycles. The largest absolute Gasteiger partial charge is 0.416 e. The van der Waals surface area contributed by atoms with Gasteiger partial charge in [0.25, 0.3) is 0 Å². The number of aryl methyl sites for hydroxylation is 1. The van der Waals surface area contributed by atoms with Crippen molar-refractivity contribution in [3.05, 3.63) is 18.2 Å². The second kappa shape index (κ2) is 7.98. The molecule has 0 amide bonds. The Morgan fingerprint density at radius 2 is 1.65 bits per heavy atom. The third-order valence-electron chi connectivity index (χ3n) is 4.42. The predicted molar refractivity (Wildman–Crippen MR) is 88.5 cm³/mol. The maximum atomic E-state index is 6.54. The maximum absolute atomic E-state index is 6.54. The molecule has 0 aliphatic carbocycles. The summed E-state index contributed by atoms with van der Waals surface area (Å²) in [5, 5.41) is 0. The first-order valence-electron chi connectivity index (χ1n) is 8.03. The maximum Gasteiger partial charge on any atom is 0.200 e. The Balaban J connectivity index is 2.42. The number of H-pyrrole nitrogens is 1. The molecule has 0 spiro atoms. The van der Waals surface area contributed by atoms with Crippen molar-refractivity contribution in [3.63, 3.8) is 0 Å². The molecule has 0 saturated heterocycles. The number of nitrogens with zero attached hydrogens (tertiary/aromatic N) is 1. The van der Waals surface area contributed by atoms with Crippen LogP contribution in [0.25, 0.3) is 0 Å². The van der Waals surface area contributed by atoms with Crippen molar-refractivity contribution < 1.29 is 4.43 Å². The molecule has 0 aliphatic heterocycles. The van der Waals surface area contributed by atoms with Gasteiger partial charge in [0.15, 0.2) is 8.32 Å². The van der Waals surface area contributed by atoms with Crippen molar-refractivity contribution in [2.75, 3.05) is 6.61 Å². The summed E-state index contributed by atoms with van der Waals surface area (Å²) in [5.74, 6) is 1.09. The topological polar surface area (TPSA) is 37.9 Å². The molecule has 0 radical (unpaired) electrons. The molecule has 1 heterocycles. The number of aromatic amines is 1. The number of rotatable bonds is 9. The standard InChI is InChI=1S/C16H32N2OSi/c1-13(2)20(14(3)4,15(5)6)19-12-8-7-9-16-17-10-11-18-16/h10-11,13-15H,7-9,12H2,1-6H3,(H,17,18). The average molecular weight is 297 g/mol. The molecule has 20 heavy (non-hydrogen) atoms. The van der Waals surface area contributed by atoms with E-state index in [9.17, 15) is 0 Å². The summed E-state index contributed by atoms with van der Waals surface area (Å²) in [6.07, 6.45) is 7.00. The number of aromatic nitrogens is 2. The van der Waals surface area contributed by atoms with E-state index in [-0.39, 0.29) is 0 Å². The lowest BCUT2D eigenvalue weighted by Gasteiger charge is -2.42. The first-order chi connectivity index (χ1) is 9.41. The second-order valence-electron chi connectivity index (χ2n) is 6.66. The minimum Gasteiger partial charge on any atom is -0.416 e. The van der Waals surface area contributed by atoms with E-state index in [0.717, 1.165) is 31.7 Å². The monoisotopic (exact) mass is 296 g/mol. The van der Waals surface area contributed by atoms with E-state index in [1.54, 1.807) is 0 Å². The van der Waals surface area contributed by atoms with Crippen LogP contribution in [0.1, 0.15) is 60.2 Å². The van der Waals surface area contributed by atoms with Crippen molar-refractivity contribution in [1.29, 1.82) is 0 Å². The summed E-state index contributed by atoms with van der Waals surface area (Å²) < 4.78 is 6.54. The summed E-state index contributed by atoms with van der Waals surface area (Å²) in [6, 6.07) is 0. The Labute approximate surface area is 125 Å². The zero-order valence-corrected chi connectivity index (χ0v) is 15.1. The lowest BCUT2D eigenvalue weighted by molar-refractivity contribution is 0.269. The highest BCUT2D eigenvalue weighted by molar-refractivity contribution is 6.77. The van der Waals surface area contributed by atoms with Gasteiger partial charge in [-0.1, -0.05) is 41.5 Å². The molecule has 1 aromatic rings. The minimum atomic E-state index is -1.67. The van der Waals surface area contributed by atoms with E-state index >= 15 is 0 Å². The van der Waals surface area contributed by atoms with E-state index < -0.39 is 8.32 Å².